The number of anilines is 1. The second-order valence-corrected chi connectivity index (χ2v) is 7.85. The zero-order chi connectivity index (χ0) is 23.1. The lowest BCUT2D eigenvalue weighted by molar-refractivity contribution is -0.118. The molecule has 1 amide bonds. The van der Waals surface area contributed by atoms with Gasteiger partial charge in [0, 0.05) is 11.9 Å². The van der Waals surface area contributed by atoms with Crippen molar-refractivity contribution in [3.63, 3.8) is 0 Å². The van der Waals surface area contributed by atoms with Crippen molar-refractivity contribution in [1.29, 1.82) is 0 Å². The van der Waals surface area contributed by atoms with E-state index in [4.69, 9.17) is 21.1 Å². The molecule has 166 valence electrons. The molecule has 3 rings (SSSR count). The van der Waals surface area contributed by atoms with E-state index in [1.54, 1.807) is 18.3 Å². The summed E-state index contributed by atoms with van der Waals surface area (Å²) < 4.78 is 11.4. The van der Waals surface area contributed by atoms with Gasteiger partial charge in [-0.2, -0.15) is 0 Å². The molecule has 3 aromatic rings. The zero-order valence-electron chi connectivity index (χ0n) is 18.7. The number of carbonyl (C=O) groups excluding carboxylic acids is 1. The third-order valence-electron chi connectivity index (χ3n) is 4.91. The van der Waals surface area contributed by atoms with Gasteiger partial charge < -0.3 is 14.8 Å². The number of nitrogens with zero attached hydrogens (tertiary/aromatic N) is 1. The largest absolute Gasteiger partial charge is 0.490 e. The average molecular weight is 451 g/mol. The van der Waals surface area contributed by atoms with Crippen LogP contribution >= 0.6 is 11.6 Å². The molecule has 0 aromatic heterocycles. The first kappa shape index (κ1) is 23.4. The summed E-state index contributed by atoms with van der Waals surface area (Å²) in [6, 6.07) is 17.1. The molecule has 0 spiro atoms. The molecule has 0 heterocycles. The highest BCUT2D eigenvalue weighted by Crippen LogP contribution is 2.36. The van der Waals surface area contributed by atoms with Crippen molar-refractivity contribution in [3.05, 3.63) is 81.9 Å². The summed E-state index contributed by atoms with van der Waals surface area (Å²) in [6.07, 6.45) is 1.74. The standard InChI is InChI=1S/C26H27ClN2O3/c1-5-31-24-14-20(15-28-23-11-7-9-18(3)19(23)4)13-22(27)26(24)32-16-25(30)29-21-10-6-8-17(2)12-21/h6-15H,5,16H2,1-4H3,(H,29,30). The number of aliphatic imine (C=N–C) groups is 1. The van der Waals surface area contributed by atoms with Gasteiger partial charge in [0.25, 0.3) is 5.91 Å². The highest BCUT2D eigenvalue weighted by Gasteiger charge is 2.14. The van der Waals surface area contributed by atoms with Gasteiger partial charge in [-0.3, -0.25) is 9.79 Å². The number of amides is 1. The van der Waals surface area contributed by atoms with Crippen LogP contribution in [-0.2, 0) is 4.79 Å². The number of carbonyl (C=O) groups is 1. The minimum absolute atomic E-state index is 0.191. The summed E-state index contributed by atoms with van der Waals surface area (Å²) in [5, 5.41) is 3.16. The Hall–Kier alpha value is -3.31. The van der Waals surface area contributed by atoms with E-state index in [0.29, 0.717) is 28.8 Å². The molecule has 6 heteroatoms. The van der Waals surface area contributed by atoms with Gasteiger partial charge in [0.05, 0.1) is 17.3 Å². The van der Waals surface area contributed by atoms with Gasteiger partial charge in [-0.25, -0.2) is 0 Å². The molecule has 5 nitrogen and oxygen atoms in total. The fraction of sp³-hybridized carbons (Fsp3) is 0.231. The Morgan fingerprint density at radius 2 is 1.84 bits per heavy atom. The van der Waals surface area contributed by atoms with E-state index in [2.05, 4.69) is 23.3 Å². The Morgan fingerprint density at radius 3 is 2.59 bits per heavy atom. The Balaban J connectivity index is 1.75. The van der Waals surface area contributed by atoms with Crippen molar-refractivity contribution in [2.45, 2.75) is 27.7 Å². The van der Waals surface area contributed by atoms with Gasteiger partial charge in [-0.15, -0.1) is 0 Å². The van der Waals surface area contributed by atoms with E-state index in [0.717, 1.165) is 22.4 Å². The minimum Gasteiger partial charge on any atom is -0.490 e. The van der Waals surface area contributed by atoms with Crippen molar-refractivity contribution in [3.8, 4) is 11.5 Å². The molecule has 0 aliphatic heterocycles. The van der Waals surface area contributed by atoms with Crippen molar-refractivity contribution in [1.82, 2.24) is 0 Å². The summed E-state index contributed by atoms with van der Waals surface area (Å²) in [7, 11) is 0. The van der Waals surface area contributed by atoms with Crippen LogP contribution in [0.3, 0.4) is 0 Å². The maximum atomic E-state index is 12.3. The number of halogens is 1. The third-order valence-corrected chi connectivity index (χ3v) is 5.19. The van der Waals surface area contributed by atoms with Crippen LogP contribution < -0.4 is 14.8 Å². The van der Waals surface area contributed by atoms with E-state index in [9.17, 15) is 4.79 Å². The number of rotatable bonds is 8. The first-order valence-electron chi connectivity index (χ1n) is 10.4. The van der Waals surface area contributed by atoms with E-state index in [-0.39, 0.29) is 12.5 Å². The number of nitrogens with one attached hydrogen (secondary N) is 1. The van der Waals surface area contributed by atoms with E-state index < -0.39 is 0 Å². The molecule has 3 aromatic carbocycles. The first-order chi connectivity index (χ1) is 15.4. The molecule has 0 saturated carbocycles. The van der Waals surface area contributed by atoms with E-state index in [1.807, 2.05) is 57.2 Å². The zero-order valence-corrected chi connectivity index (χ0v) is 19.5. The SMILES string of the molecule is CCOc1cc(C=Nc2cccc(C)c2C)cc(Cl)c1OCC(=O)Nc1cccc(C)c1. The summed E-state index contributed by atoms with van der Waals surface area (Å²) in [5.41, 5.74) is 5.75. The average Bonchev–Trinajstić information content (AvgIpc) is 2.74. The van der Waals surface area contributed by atoms with Crippen LogP contribution in [-0.4, -0.2) is 25.3 Å². The highest BCUT2D eigenvalue weighted by molar-refractivity contribution is 6.32. The second-order valence-electron chi connectivity index (χ2n) is 7.45. The molecule has 0 saturated heterocycles. The Labute approximate surface area is 194 Å². The van der Waals surface area contributed by atoms with Crippen LogP contribution in [0.1, 0.15) is 29.2 Å². The summed E-state index contributed by atoms with van der Waals surface area (Å²) in [6.45, 7) is 8.17. The molecule has 0 aliphatic carbocycles. The molecule has 0 radical (unpaired) electrons. The maximum Gasteiger partial charge on any atom is 0.262 e. The smallest absolute Gasteiger partial charge is 0.262 e. The molecular formula is C26H27ClN2O3. The molecule has 1 N–H and O–H groups in total. The molecule has 0 atom stereocenters. The summed E-state index contributed by atoms with van der Waals surface area (Å²) in [4.78, 5) is 16.9. The fourth-order valence-corrected chi connectivity index (χ4v) is 3.42. The van der Waals surface area contributed by atoms with Gasteiger partial charge in [-0.05, 0) is 80.3 Å². The lowest BCUT2D eigenvalue weighted by Crippen LogP contribution is -2.20. The monoisotopic (exact) mass is 450 g/mol. The summed E-state index contributed by atoms with van der Waals surface area (Å²) in [5.74, 6) is 0.511. The highest BCUT2D eigenvalue weighted by atomic mass is 35.5. The van der Waals surface area contributed by atoms with E-state index >= 15 is 0 Å². The maximum absolute atomic E-state index is 12.3. The van der Waals surface area contributed by atoms with Gasteiger partial charge in [0.15, 0.2) is 18.1 Å². The fourth-order valence-electron chi connectivity index (χ4n) is 3.14. The van der Waals surface area contributed by atoms with Gasteiger partial charge in [0.2, 0.25) is 0 Å². The summed E-state index contributed by atoms with van der Waals surface area (Å²) >= 11 is 6.47. The van der Waals surface area contributed by atoms with Crippen LogP contribution in [0.15, 0.2) is 59.6 Å². The third kappa shape index (κ3) is 6.11. The molecule has 0 aliphatic rings. The van der Waals surface area contributed by atoms with Crippen LogP contribution in [0.5, 0.6) is 11.5 Å². The molecule has 0 bridgehead atoms. The van der Waals surface area contributed by atoms with Crippen molar-refractivity contribution in [2.75, 3.05) is 18.5 Å². The van der Waals surface area contributed by atoms with Crippen LogP contribution in [0.4, 0.5) is 11.4 Å². The van der Waals surface area contributed by atoms with E-state index in [1.165, 1.54) is 5.56 Å². The van der Waals surface area contributed by atoms with Gasteiger partial charge in [-0.1, -0.05) is 35.9 Å². The van der Waals surface area contributed by atoms with Crippen molar-refractivity contribution in [2.24, 2.45) is 4.99 Å². The molecule has 0 unspecified atom stereocenters. The van der Waals surface area contributed by atoms with Crippen molar-refractivity contribution < 1.29 is 14.3 Å². The van der Waals surface area contributed by atoms with Crippen LogP contribution in [0.25, 0.3) is 0 Å². The Morgan fingerprint density at radius 1 is 1.06 bits per heavy atom. The van der Waals surface area contributed by atoms with Crippen LogP contribution in [0.2, 0.25) is 5.02 Å². The lowest BCUT2D eigenvalue weighted by atomic mass is 10.1. The van der Waals surface area contributed by atoms with Crippen molar-refractivity contribution >= 4 is 35.1 Å². The second kappa shape index (κ2) is 10.8. The normalized spacial score (nSPS) is 10.9. The quantitative estimate of drug-likeness (QED) is 0.402. The minimum atomic E-state index is -0.283. The predicted molar refractivity (Wildman–Crippen MR) is 131 cm³/mol. The number of hydrogen-bond acceptors (Lipinski definition) is 4. The Bertz CT molecular complexity index is 1140. The predicted octanol–water partition coefficient (Wildman–Crippen LogP) is 6.43. The topological polar surface area (TPSA) is 59.9 Å². The number of benzene rings is 3. The number of ether oxygens (including phenoxy) is 2. The number of hydrogen-bond donors (Lipinski definition) is 1. The lowest BCUT2D eigenvalue weighted by Gasteiger charge is -2.14. The number of aryl methyl sites for hydroxylation is 2. The Kier molecular flexibility index (Phi) is 7.90. The first-order valence-corrected chi connectivity index (χ1v) is 10.8. The van der Waals surface area contributed by atoms with Gasteiger partial charge in [0.1, 0.15) is 0 Å². The molecular weight excluding hydrogens is 424 g/mol. The molecule has 32 heavy (non-hydrogen) atoms. The van der Waals surface area contributed by atoms with Gasteiger partial charge >= 0.3 is 0 Å². The van der Waals surface area contributed by atoms with Crippen LogP contribution in [0, 0.1) is 20.8 Å². The molecule has 0 fully saturated rings.